The first-order valence-corrected chi connectivity index (χ1v) is 13.6. The summed E-state index contributed by atoms with van der Waals surface area (Å²) in [5.74, 6) is -0.627. The first-order chi connectivity index (χ1) is 15.5. The number of hydrogen-bond donors (Lipinski definition) is 0. The van der Waals surface area contributed by atoms with Gasteiger partial charge in [0.2, 0.25) is 5.91 Å². The van der Waals surface area contributed by atoms with Gasteiger partial charge in [0.1, 0.15) is 5.82 Å². The second kappa shape index (κ2) is 9.56. The third kappa shape index (κ3) is 4.91. The van der Waals surface area contributed by atoms with Crippen molar-refractivity contribution < 1.29 is 21.6 Å². The average Bonchev–Trinajstić information content (AvgIpc) is 3.20. The highest BCUT2D eigenvalue weighted by Crippen LogP contribution is 2.32. The summed E-state index contributed by atoms with van der Waals surface area (Å²) in [4.78, 5) is 14.4. The molecule has 1 fully saturated rings. The van der Waals surface area contributed by atoms with Crippen LogP contribution in [0.15, 0.2) is 70.2 Å². The quantitative estimate of drug-likeness (QED) is 0.555. The van der Waals surface area contributed by atoms with Crippen molar-refractivity contribution >= 4 is 26.0 Å². The highest BCUT2D eigenvalue weighted by molar-refractivity contribution is 7.90. The van der Waals surface area contributed by atoms with E-state index in [9.17, 15) is 21.6 Å². The van der Waals surface area contributed by atoms with Crippen LogP contribution in [-0.2, 0) is 24.8 Å². The topological polar surface area (TPSA) is 95.1 Å². The van der Waals surface area contributed by atoms with Crippen LogP contribution in [0, 0.1) is 13.8 Å². The minimum absolute atomic E-state index is 0.0314. The Balaban J connectivity index is 2.12. The lowest BCUT2D eigenvalue weighted by atomic mass is 10.2. The van der Waals surface area contributed by atoms with Gasteiger partial charge in [-0.2, -0.15) is 0 Å². The molecule has 1 aliphatic rings. The van der Waals surface area contributed by atoms with Crippen LogP contribution in [0.3, 0.4) is 0 Å². The van der Waals surface area contributed by atoms with Crippen molar-refractivity contribution in [1.82, 2.24) is 13.5 Å². The first-order valence-electron chi connectivity index (χ1n) is 10.7. The number of benzene rings is 2. The number of likely N-dealkylation sites (N-methyl/N-ethyl adjacent to an activating group) is 1. The van der Waals surface area contributed by atoms with E-state index in [4.69, 9.17) is 0 Å². The highest BCUT2D eigenvalue weighted by atomic mass is 32.2. The van der Waals surface area contributed by atoms with Crippen molar-refractivity contribution in [3.05, 3.63) is 71.6 Å². The Morgan fingerprint density at radius 3 is 1.48 bits per heavy atom. The summed E-state index contributed by atoms with van der Waals surface area (Å²) < 4.78 is 55.8. The van der Waals surface area contributed by atoms with Crippen LogP contribution in [0.2, 0.25) is 0 Å². The van der Waals surface area contributed by atoms with E-state index in [1.54, 1.807) is 38.1 Å². The Labute approximate surface area is 196 Å². The Kier molecular flexibility index (Phi) is 7.18. The summed E-state index contributed by atoms with van der Waals surface area (Å²) >= 11 is 0. The van der Waals surface area contributed by atoms with E-state index in [1.807, 2.05) is 13.8 Å². The van der Waals surface area contributed by atoms with Crippen molar-refractivity contribution in [1.29, 1.82) is 0 Å². The van der Waals surface area contributed by atoms with Crippen molar-refractivity contribution in [2.24, 2.45) is 0 Å². The predicted octanol–water partition coefficient (Wildman–Crippen LogP) is 2.71. The van der Waals surface area contributed by atoms with Crippen molar-refractivity contribution in [3.63, 3.8) is 0 Å². The predicted molar refractivity (Wildman–Crippen MR) is 126 cm³/mol. The summed E-state index contributed by atoms with van der Waals surface area (Å²) in [6.07, 6.45) is 1.11. The van der Waals surface area contributed by atoms with Crippen LogP contribution in [0.1, 0.15) is 25.0 Å². The minimum Gasteiger partial charge on any atom is -0.340 e. The fourth-order valence-corrected chi connectivity index (χ4v) is 6.54. The Morgan fingerprint density at radius 2 is 1.15 bits per heavy atom. The molecular formula is C23H29N3O5S2. The molecule has 1 saturated heterocycles. The number of sulfonamides is 2. The molecule has 0 N–H and O–H groups in total. The maximum Gasteiger partial charge on any atom is 0.265 e. The van der Waals surface area contributed by atoms with Gasteiger partial charge in [0.05, 0.1) is 22.9 Å². The normalized spacial score (nSPS) is 14.5. The molecule has 1 amide bonds. The molecular weight excluding hydrogens is 462 g/mol. The van der Waals surface area contributed by atoms with Gasteiger partial charge < -0.3 is 4.90 Å². The summed E-state index contributed by atoms with van der Waals surface area (Å²) in [5.41, 5.74) is 1.79. The maximum atomic E-state index is 13.4. The zero-order valence-corrected chi connectivity index (χ0v) is 20.9. The van der Waals surface area contributed by atoms with Crippen LogP contribution in [0.5, 0.6) is 0 Å². The van der Waals surface area contributed by atoms with E-state index in [-0.39, 0.29) is 28.7 Å². The fraction of sp³-hybridized carbons (Fsp3) is 0.348. The molecule has 1 aliphatic heterocycles. The molecule has 0 atom stereocenters. The molecule has 0 saturated carbocycles. The van der Waals surface area contributed by atoms with E-state index >= 15 is 0 Å². The van der Waals surface area contributed by atoms with E-state index in [1.165, 1.54) is 29.2 Å². The highest BCUT2D eigenvalue weighted by Gasteiger charge is 2.41. The number of hydrogen-bond acceptors (Lipinski definition) is 5. The number of amides is 1. The largest absolute Gasteiger partial charge is 0.340 e. The number of nitrogens with zero attached hydrogens (tertiary/aromatic N) is 3. The van der Waals surface area contributed by atoms with Crippen LogP contribution >= 0.6 is 0 Å². The smallest absolute Gasteiger partial charge is 0.265 e. The van der Waals surface area contributed by atoms with E-state index in [0.29, 0.717) is 13.1 Å². The number of rotatable bonds is 7. The summed E-state index contributed by atoms with van der Waals surface area (Å²) in [6, 6.07) is 12.6. The standard InChI is InChI=1S/C23H29N3O5S2/c1-5-24(6-2)23(27)17-22-25(32(28,29)20-11-7-18(3)8-12-20)15-16-26(22)33(30,31)21-13-9-19(4)10-14-21/h7-14,17H,5-6,15-16H2,1-4H3. The third-order valence-corrected chi connectivity index (χ3v) is 9.20. The van der Waals surface area contributed by atoms with Gasteiger partial charge in [-0.3, -0.25) is 4.79 Å². The van der Waals surface area contributed by atoms with Gasteiger partial charge in [-0.05, 0) is 52.0 Å². The van der Waals surface area contributed by atoms with Gasteiger partial charge >= 0.3 is 0 Å². The molecule has 3 rings (SSSR count). The number of aryl methyl sites for hydroxylation is 2. The van der Waals surface area contributed by atoms with Gasteiger partial charge in [-0.25, -0.2) is 25.4 Å². The molecule has 0 radical (unpaired) electrons. The molecule has 0 bridgehead atoms. The van der Waals surface area contributed by atoms with Crippen LogP contribution in [-0.4, -0.2) is 62.4 Å². The lowest BCUT2D eigenvalue weighted by molar-refractivity contribution is -0.125. The van der Waals surface area contributed by atoms with Crippen LogP contribution in [0.25, 0.3) is 0 Å². The van der Waals surface area contributed by atoms with Gasteiger partial charge in [0.25, 0.3) is 20.0 Å². The van der Waals surface area contributed by atoms with E-state index < -0.39 is 26.0 Å². The van der Waals surface area contributed by atoms with Crippen molar-refractivity contribution in [2.75, 3.05) is 26.2 Å². The third-order valence-electron chi connectivity index (χ3n) is 5.56. The molecule has 2 aromatic carbocycles. The molecule has 0 aliphatic carbocycles. The second-order valence-electron chi connectivity index (χ2n) is 7.79. The zero-order chi connectivity index (χ0) is 24.4. The Morgan fingerprint density at radius 1 is 0.788 bits per heavy atom. The molecule has 1 heterocycles. The molecule has 2 aromatic rings. The molecule has 178 valence electrons. The van der Waals surface area contributed by atoms with Crippen LogP contribution < -0.4 is 0 Å². The first kappa shape index (κ1) is 24.8. The lowest BCUT2D eigenvalue weighted by Crippen LogP contribution is -2.35. The summed E-state index contributed by atoms with van der Waals surface area (Å²) in [6.45, 7) is 7.92. The fourth-order valence-electron chi connectivity index (χ4n) is 3.58. The molecule has 8 nitrogen and oxygen atoms in total. The van der Waals surface area contributed by atoms with E-state index in [0.717, 1.165) is 25.8 Å². The average molecular weight is 492 g/mol. The van der Waals surface area contributed by atoms with Gasteiger partial charge in [0, 0.05) is 19.2 Å². The van der Waals surface area contributed by atoms with E-state index in [2.05, 4.69) is 0 Å². The van der Waals surface area contributed by atoms with Gasteiger partial charge in [-0.15, -0.1) is 0 Å². The van der Waals surface area contributed by atoms with Crippen LogP contribution in [0.4, 0.5) is 0 Å². The zero-order valence-electron chi connectivity index (χ0n) is 19.2. The monoisotopic (exact) mass is 491 g/mol. The number of carbonyl (C=O) groups is 1. The molecule has 10 heteroatoms. The summed E-state index contributed by atoms with van der Waals surface area (Å²) in [7, 11) is -8.17. The molecule has 0 unspecified atom stereocenters. The number of carbonyl (C=O) groups excluding carboxylic acids is 1. The van der Waals surface area contributed by atoms with Gasteiger partial charge in [0.15, 0.2) is 0 Å². The van der Waals surface area contributed by atoms with Crippen molar-refractivity contribution in [3.8, 4) is 0 Å². The van der Waals surface area contributed by atoms with Gasteiger partial charge in [-0.1, -0.05) is 35.4 Å². The summed E-state index contributed by atoms with van der Waals surface area (Å²) in [5, 5.41) is 0. The Hall–Kier alpha value is -2.85. The minimum atomic E-state index is -4.08. The SMILES string of the molecule is CCN(CC)C(=O)C=C1N(S(=O)(=O)c2ccc(C)cc2)CCN1S(=O)(=O)c1ccc(C)cc1. The second-order valence-corrected chi connectivity index (χ2v) is 11.5. The molecule has 33 heavy (non-hydrogen) atoms. The molecule has 0 aromatic heterocycles. The lowest BCUT2D eigenvalue weighted by Gasteiger charge is -2.25. The molecule has 0 spiro atoms. The maximum absolute atomic E-state index is 13.4. The van der Waals surface area contributed by atoms with Crippen molar-refractivity contribution in [2.45, 2.75) is 37.5 Å². The Bertz CT molecular complexity index is 1160.